The first-order chi connectivity index (χ1) is 11.6. The molecule has 124 valence electrons. The Kier molecular flexibility index (Phi) is 5.90. The predicted octanol–water partition coefficient (Wildman–Crippen LogP) is 5.76. The molecule has 0 aliphatic carbocycles. The first-order valence-electron chi connectivity index (χ1n) is 7.78. The number of aryl methyl sites for hydroxylation is 1. The van der Waals surface area contributed by atoms with Crippen molar-refractivity contribution in [2.24, 2.45) is 0 Å². The number of aromatic nitrogens is 1. The molecule has 3 aromatic rings. The lowest BCUT2D eigenvalue weighted by Crippen LogP contribution is -2.16. The SMILES string of the molecule is Cc1cccc(-c2cnc(CNCCc3ccc(Cl)cc3Cl)s2)c1. The first-order valence-corrected chi connectivity index (χ1v) is 9.35. The summed E-state index contributed by atoms with van der Waals surface area (Å²) < 4.78 is 0. The van der Waals surface area contributed by atoms with E-state index in [9.17, 15) is 0 Å². The van der Waals surface area contributed by atoms with Gasteiger partial charge < -0.3 is 5.32 Å². The molecular weight excluding hydrogens is 359 g/mol. The second kappa shape index (κ2) is 8.13. The predicted molar refractivity (Wildman–Crippen MR) is 104 cm³/mol. The minimum Gasteiger partial charge on any atom is -0.310 e. The van der Waals surface area contributed by atoms with E-state index in [0.29, 0.717) is 5.02 Å². The highest BCUT2D eigenvalue weighted by atomic mass is 35.5. The molecule has 3 rings (SSSR count). The molecule has 0 saturated heterocycles. The number of rotatable bonds is 6. The Morgan fingerprint density at radius 2 is 2.00 bits per heavy atom. The summed E-state index contributed by atoms with van der Waals surface area (Å²) in [6, 6.07) is 14.1. The number of halogens is 2. The van der Waals surface area contributed by atoms with E-state index in [1.165, 1.54) is 16.0 Å². The molecule has 2 nitrogen and oxygen atoms in total. The van der Waals surface area contributed by atoms with E-state index in [2.05, 4.69) is 41.5 Å². The van der Waals surface area contributed by atoms with Crippen LogP contribution < -0.4 is 5.32 Å². The van der Waals surface area contributed by atoms with Crippen LogP contribution in [0.3, 0.4) is 0 Å². The van der Waals surface area contributed by atoms with Gasteiger partial charge in [0.05, 0.1) is 4.88 Å². The molecule has 0 aliphatic rings. The Hall–Kier alpha value is -1.39. The van der Waals surface area contributed by atoms with Crippen molar-refractivity contribution in [3.05, 3.63) is 74.8 Å². The van der Waals surface area contributed by atoms with Crippen LogP contribution in [-0.4, -0.2) is 11.5 Å². The fourth-order valence-electron chi connectivity index (χ4n) is 2.47. The van der Waals surface area contributed by atoms with Crippen LogP contribution in [0.25, 0.3) is 10.4 Å². The van der Waals surface area contributed by atoms with Gasteiger partial charge in [-0.25, -0.2) is 4.98 Å². The normalized spacial score (nSPS) is 11.0. The van der Waals surface area contributed by atoms with Crippen LogP contribution in [0.4, 0.5) is 0 Å². The van der Waals surface area contributed by atoms with Crippen molar-refractivity contribution in [3.8, 4) is 10.4 Å². The van der Waals surface area contributed by atoms with Gasteiger partial charge in [-0.2, -0.15) is 0 Å². The third-order valence-electron chi connectivity index (χ3n) is 3.72. The number of hydrogen-bond donors (Lipinski definition) is 1. The zero-order valence-corrected chi connectivity index (χ0v) is 15.7. The lowest BCUT2D eigenvalue weighted by atomic mass is 10.1. The second-order valence-corrected chi connectivity index (χ2v) is 7.61. The van der Waals surface area contributed by atoms with Gasteiger partial charge in [0.25, 0.3) is 0 Å². The fraction of sp³-hybridized carbons (Fsp3) is 0.211. The summed E-state index contributed by atoms with van der Waals surface area (Å²) in [4.78, 5) is 5.71. The third-order valence-corrected chi connectivity index (χ3v) is 5.35. The van der Waals surface area contributed by atoms with Gasteiger partial charge in [-0.1, -0.05) is 59.1 Å². The van der Waals surface area contributed by atoms with Crippen molar-refractivity contribution < 1.29 is 0 Å². The van der Waals surface area contributed by atoms with Gasteiger partial charge in [0.1, 0.15) is 5.01 Å². The molecule has 0 bridgehead atoms. The van der Waals surface area contributed by atoms with Crippen molar-refractivity contribution in [2.75, 3.05) is 6.54 Å². The van der Waals surface area contributed by atoms with Crippen LogP contribution in [0.2, 0.25) is 10.0 Å². The van der Waals surface area contributed by atoms with Crippen molar-refractivity contribution in [2.45, 2.75) is 19.9 Å². The summed E-state index contributed by atoms with van der Waals surface area (Å²) >= 11 is 13.8. The molecule has 0 atom stereocenters. The summed E-state index contributed by atoms with van der Waals surface area (Å²) in [6.07, 6.45) is 2.82. The van der Waals surface area contributed by atoms with E-state index >= 15 is 0 Å². The number of benzene rings is 2. The van der Waals surface area contributed by atoms with Gasteiger partial charge >= 0.3 is 0 Å². The number of nitrogens with zero attached hydrogens (tertiary/aromatic N) is 1. The van der Waals surface area contributed by atoms with E-state index in [4.69, 9.17) is 23.2 Å². The summed E-state index contributed by atoms with van der Waals surface area (Å²) in [5.74, 6) is 0. The van der Waals surface area contributed by atoms with Crippen LogP contribution >= 0.6 is 34.5 Å². The molecule has 5 heteroatoms. The maximum atomic E-state index is 6.19. The van der Waals surface area contributed by atoms with Crippen LogP contribution in [-0.2, 0) is 13.0 Å². The molecule has 2 aromatic carbocycles. The van der Waals surface area contributed by atoms with Gasteiger partial charge in [0, 0.05) is 22.8 Å². The Bertz CT molecular complexity index is 830. The Morgan fingerprint density at radius 3 is 2.79 bits per heavy atom. The van der Waals surface area contributed by atoms with Gasteiger partial charge in [-0.15, -0.1) is 11.3 Å². The molecular formula is C19H18Cl2N2S. The largest absolute Gasteiger partial charge is 0.310 e. The van der Waals surface area contributed by atoms with Gasteiger partial charge in [-0.05, 0) is 43.1 Å². The van der Waals surface area contributed by atoms with E-state index in [0.717, 1.165) is 35.1 Å². The van der Waals surface area contributed by atoms with E-state index < -0.39 is 0 Å². The highest BCUT2D eigenvalue weighted by Gasteiger charge is 2.05. The minimum absolute atomic E-state index is 0.670. The summed E-state index contributed by atoms with van der Waals surface area (Å²) in [6.45, 7) is 3.72. The Labute approximate surface area is 156 Å². The molecule has 0 spiro atoms. The molecule has 0 saturated carbocycles. The van der Waals surface area contributed by atoms with Gasteiger partial charge in [-0.3, -0.25) is 0 Å². The summed E-state index contributed by atoms with van der Waals surface area (Å²) in [5.41, 5.74) is 3.60. The van der Waals surface area contributed by atoms with Crippen molar-refractivity contribution in [1.82, 2.24) is 10.3 Å². The number of thiazole rings is 1. The highest BCUT2D eigenvalue weighted by Crippen LogP contribution is 2.26. The molecule has 0 fully saturated rings. The maximum absolute atomic E-state index is 6.19. The average molecular weight is 377 g/mol. The Balaban J connectivity index is 1.52. The van der Waals surface area contributed by atoms with E-state index in [-0.39, 0.29) is 0 Å². The van der Waals surface area contributed by atoms with E-state index in [1.807, 2.05) is 18.3 Å². The van der Waals surface area contributed by atoms with Gasteiger partial charge in [0.15, 0.2) is 0 Å². The molecule has 0 aliphatic heterocycles. The summed E-state index contributed by atoms with van der Waals surface area (Å²) in [7, 11) is 0. The lowest BCUT2D eigenvalue weighted by molar-refractivity contribution is 0.684. The molecule has 1 heterocycles. The smallest absolute Gasteiger partial charge is 0.107 e. The van der Waals surface area contributed by atoms with E-state index in [1.54, 1.807) is 17.4 Å². The number of hydrogen-bond acceptors (Lipinski definition) is 3. The van der Waals surface area contributed by atoms with Gasteiger partial charge in [0.2, 0.25) is 0 Å². The average Bonchev–Trinajstić information content (AvgIpc) is 3.02. The quantitative estimate of drug-likeness (QED) is 0.553. The molecule has 1 aromatic heterocycles. The van der Waals surface area contributed by atoms with Crippen LogP contribution in [0.5, 0.6) is 0 Å². The second-order valence-electron chi connectivity index (χ2n) is 5.65. The topological polar surface area (TPSA) is 24.9 Å². The molecule has 0 radical (unpaired) electrons. The molecule has 0 unspecified atom stereocenters. The monoisotopic (exact) mass is 376 g/mol. The first kappa shape index (κ1) is 17.4. The zero-order valence-electron chi connectivity index (χ0n) is 13.4. The molecule has 24 heavy (non-hydrogen) atoms. The summed E-state index contributed by atoms with van der Waals surface area (Å²) in [5, 5.41) is 5.91. The maximum Gasteiger partial charge on any atom is 0.107 e. The molecule has 0 amide bonds. The van der Waals surface area contributed by atoms with Crippen molar-refractivity contribution in [3.63, 3.8) is 0 Å². The van der Waals surface area contributed by atoms with Crippen LogP contribution in [0.15, 0.2) is 48.7 Å². The highest BCUT2D eigenvalue weighted by molar-refractivity contribution is 7.15. The number of nitrogens with one attached hydrogen (secondary N) is 1. The standard InChI is InChI=1S/C19H18Cl2N2S/c1-13-3-2-4-15(9-13)18-11-23-19(24-18)12-22-8-7-14-5-6-16(20)10-17(14)21/h2-6,9-11,22H,7-8,12H2,1H3. The third kappa shape index (κ3) is 4.58. The molecule has 1 N–H and O–H groups in total. The Morgan fingerprint density at radius 1 is 1.12 bits per heavy atom. The minimum atomic E-state index is 0.670. The van der Waals surface area contributed by atoms with Crippen LogP contribution in [0, 0.1) is 6.92 Å². The van der Waals surface area contributed by atoms with Crippen LogP contribution in [0.1, 0.15) is 16.1 Å². The van der Waals surface area contributed by atoms with Crippen molar-refractivity contribution >= 4 is 34.5 Å². The fourth-order valence-corrected chi connectivity index (χ4v) is 3.85. The lowest BCUT2D eigenvalue weighted by Gasteiger charge is -2.05. The zero-order chi connectivity index (χ0) is 16.9. The van der Waals surface area contributed by atoms with Crippen molar-refractivity contribution in [1.29, 1.82) is 0 Å².